The Morgan fingerprint density at radius 3 is 2.42 bits per heavy atom. The Morgan fingerprint density at radius 1 is 1.16 bits per heavy atom. The van der Waals surface area contributed by atoms with Crippen molar-refractivity contribution in [2.45, 2.75) is 6.92 Å². The van der Waals surface area contributed by atoms with Crippen LogP contribution in [0.25, 0.3) is 6.08 Å². The average Bonchev–Trinajstić information content (AvgIpc) is 2.67. The van der Waals surface area contributed by atoms with E-state index in [0.717, 1.165) is 21.5 Å². The number of carbonyl (C=O) groups excluding carboxylic acids is 2. The molecule has 1 saturated heterocycles. The molecule has 1 heterocycles. The van der Waals surface area contributed by atoms with E-state index in [9.17, 15) is 34.9 Å². The Kier molecular flexibility index (Phi) is 5.81. The van der Waals surface area contributed by atoms with Crippen molar-refractivity contribution in [1.82, 2.24) is 5.32 Å². The number of non-ortho nitro benzene ring substituents is 1. The Labute approximate surface area is 187 Å². The van der Waals surface area contributed by atoms with Gasteiger partial charge in [0.1, 0.15) is 5.57 Å². The first kappa shape index (κ1) is 22.0. The maximum Gasteiger partial charge on any atom is 0.318 e. The normalized spacial score (nSPS) is 15.2. The lowest BCUT2D eigenvalue weighted by Gasteiger charge is -2.30. The van der Waals surface area contributed by atoms with E-state index in [2.05, 4.69) is 21.2 Å². The van der Waals surface area contributed by atoms with E-state index in [0.29, 0.717) is 17.3 Å². The van der Waals surface area contributed by atoms with Crippen LogP contribution >= 0.6 is 28.1 Å². The second kappa shape index (κ2) is 8.20. The summed E-state index contributed by atoms with van der Waals surface area (Å²) in [5, 5.41) is 34.6. The highest BCUT2D eigenvalue weighted by atomic mass is 79.9. The van der Waals surface area contributed by atoms with E-state index in [1.54, 1.807) is 25.1 Å². The van der Waals surface area contributed by atoms with Crippen LogP contribution in [0.5, 0.6) is 5.75 Å². The molecule has 0 bridgehead atoms. The summed E-state index contributed by atoms with van der Waals surface area (Å²) in [6.45, 7) is 1.71. The minimum absolute atomic E-state index is 0.188. The van der Waals surface area contributed by atoms with Crippen molar-refractivity contribution in [1.29, 1.82) is 0 Å². The van der Waals surface area contributed by atoms with Gasteiger partial charge in [0.2, 0.25) is 5.75 Å². The zero-order valence-electron chi connectivity index (χ0n) is 15.5. The van der Waals surface area contributed by atoms with Crippen LogP contribution in [0.4, 0.5) is 17.1 Å². The second-order valence-electron chi connectivity index (χ2n) is 6.31. The van der Waals surface area contributed by atoms with E-state index >= 15 is 0 Å². The van der Waals surface area contributed by atoms with Crippen LogP contribution in [-0.2, 0) is 9.59 Å². The van der Waals surface area contributed by atoms with Crippen LogP contribution in [0.2, 0.25) is 0 Å². The molecule has 3 rings (SSSR count). The number of nitrogens with zero attached hydrogens (tertiary/aromatic N) is 3. The summed E-state index contributed by atoms with van der Waals surface area (Å²) < 4.78 is 0.748. The number of hydrogen-bond acceptors (Lipinski definition) is 8. The molecule has 0 atom stereocenters. The first-order valence-corrected chi connectivity index (χ1v) is 9.54. The molecule has 13 heteroatoms. The van der Waals surface area contributed by atoms with Crippen molar-refractivity contribution in [3.05, 3.63) is 71.7 Å². The summed E-state index contributed by atoms with van der Waals surface area (Å²) in [7, 11) is 0. The number of phenolic OH excluding ortho intramolecular Hbond substituents is 1. The third-order valence-electron chi connectivity index (χ3n) is 4.31. The van der Waals surface area contributed by atoms with Crippen LogP contribution < -0.4 is 10.2 Å². The molecular formula is C18H11BrN4O7S. The van der Waals surface area contributed by atoms with Crippen molar-refractivity contribution in [2.24, 2.45) is 0 Å². The number of aromatic hydroxyl groups is 1. The number of thiocarbonyl (C=S) groups is 1. The molecule has 2 N–H and O–H groups in total. The van der Waals surface area contributed by atoms with Crippen molar-refractivity contribution in [3.63, 3.8) is 0 Å². The molecule has 0 unspecified atom stereocenters. The topological polar surface area (TPSA) is 156 Å². The van der Waals surface area contributed by atoms with Gasteiger partial charge in [0.15, 0.2) is 5.11 Å². The summed E-state index contributed by atoms with van der Waals surface area (Å²) in [6, 6.07) is 6.37. The minimum atomic E-state index is -1.01. The summed E-state index contributed by atoms with van der Waals surface area (Å²) >= 11 is 8.42. The van der Waals surface area contributed by atoms with Crippen LogP contribution in [0.1, 0.15) is 11.1 Å². The fraction of sp³-hybridized carbons (Fsp3) is 0.0556. The molecular weight excluding hydrogens is 496 g/mol. The number of anilines is 1. The Balaban J connectivity index is 2.17. The van der Waals surface area contributed by atoms with E-state index in [-0.39, 0.29) is 5.11 Å². The fourth-order valence-corrected chi connectivity index (χ4v) is 3.63. The van der Waals surface area contributed by atoms with Crippen LogP contribution in [0, 0.1) is 27.2 Å². The van der Waals surface area contributed by atoms with Gasteiger partial charge >= 0.3 is 5.69 Å². The van der Waals surface area contributed by atoms with Gasteiger partial charge in [-0.05, 0) is 49.0 Å². The third-order valence-corrected chi connectivity index (χ3v) is 5.09. The van der Waals surface area contributed by atoms with Gasteiger partial charge in [-0.1, -0.05) is 15.9 Å². The molecule has 0 aliphatic carbocycles. The van der Waals surface area contributed by atoms with Crippen LogP contribution in [0.15, 0.2) is 40.4 Å². The Morgan fingerprint density at radius 2 is 1.84 bits per heavy atom. The van der Waals surface area contributed by atoms with Crippen LogP contribution in [-0.4, -0.2) is 31.9 Å². The molecule has 0 spiro atoms. The predicted molar refractivity (Wildman–Crippen MR) is 116 cm³/mol. The number of nitro groups is 2. The van der Waals surface area contributed by atoms with Gasteiger partial charge in [-0.3, -0.25) is 40.0 Å². The molecule has 0 radical (unpaired) electrons. The molecule has 1 fully saturated rings. The average molecular weight is 507 g/mol. The maximum atomic E-state index is 13.1. The zero-order chi connectivity index (χ0) is 23.0. The van der Waals surface area contributed by atoms with Gasteiger partial charge in [-0.25, -0.2) is 0 Å². The van der Waals surface area contributed by atoms with Gasteiger partial charge in [-0.15, -0.1) is 0 Å². The molecule has 31 heavy (non-hydrogen) atoms. The highest BCUT2D eigenvalue weighted by Crippen LogP contribution is 2.36. The van der Waals surface area contributed by atoms with Gasteiger partial charge in [0.05, 0.1) is 21.6 Å². The molecule has 1 aliphatic heterocycles. The smallest absolute Gasteiger partial charge is 0.318 e. The number of nitrogens with one attached hydrogen (secondary N) is 1. The number of rotatable bonds is 4. The lowest BCUT2D eigenvalue weighted by molar-refractivity contribution is -0.394. The standard InChI is InChI=1S/C18H11BrN4O7S/c1-8-4-10(19)2-3-13(8)21-17(26)12(16(25)20-18(21)31)6-9-5-11(22(27)28)7-14(15(9)24)23(29)30/h2-7,24H,1H3,(H,20,25,31)/b12-6-. The van der Waals surface area contributed by atoms with Gasteiger partial charge in [-0.2, -0.15) is 0 Å². The van der Waals surface area contributed by atoms with E-state index in [1.165, 1.54) is 0 Å². The Bertz CT molecular complexity index is 1230. The lowest BCUT2D eigenvalue weighted by Crippen LogP contribution is -2.54. The Hall–Kier alpha value is -3.71. The molecule has 158 valence electrons. The number of nitro benzene ring substituents is 2. The number of amides is 2. The zero-order valence-corrected chi connectivity index (χ0v) is 17.9. The van der Waals surface area contributed by atoms with Gasteiger partial charge < -0.3 is 5.11 Å². The molecule has 1 aliphatic rings. The third kappa shape index (κ3) is 4.13. The van der Waals surface area contributed by atoms with Gasteiger partial charge in [0.25, 0.3) is 17.5 Å². The lowest BCUT2D eigenvalue weighted by atomic mass is 10.0. The second-order valence-corrected chi connectivity index (χ2v) is 7.61. The summed E-state index contributed by atoms with van der Waals surface area (Å²) in [5.41, 5.74) is -1.59. The first-order valence-electron chi connectivity index (χ1n) is 8.34. The van der Waals surface area contributed by atoms with Crippen molar-refractivity contribution in [2.75, 3.05) is 4.90 Å². The fourth-order valence-electron chi connectivity index (χ4n) is 2.88. The molecule has 2 aromatic carbocycles. The summed E-state index contributed by atoms with van der Waals surface area (Å²) in [6.07, 6.45) is 0.843. The largest absolute Gasteiger partial charge is 0.502 e. The van der Waals surface area contributed by atoms with E-state index in [4.69, 9.17) is 12.2 Å². The minimum Gasteiger partial charge on any atom is -0.502 e. The molecule has 2 aromatic rings. The van der Waals surface area contributed by atoms with E-state index < -0.39 is 49.9 Å². The summed E-state index contributed by atoms with van der Waals surface area (Å²) in [5.74, 6) is -2.72. The van der Waals surface area contributed by atoms with Crippen molar-refractivity contribution >= 4 is 68.2 Å². The first-order chi connectivity index (χ1) is 14.5. The summed E-state index contributed by atoms with van der Waals surface area (Å²) in [4.78, 5) is 46.9. The maximum absolute atomic E-state index is 13.1. The predicted octanol–water partition coefficient (Wildman–Crippen LogP) is 3.11. The molecule has 11 nitrogen and oxygen atoms in total. The van der Waals surface area contributed by atoms with Crippen LogP contribution in [0.3, 0.4) is 0 Å². The number of halogens is 1. The SMILES string of the molecule is Cc1cc(Br)ccc1N1C(=O)/C(=C\c2cc([N+](=O)[O-])cc([N+](=O)[O-])c2O)C(=O)NC1=S. The quantitative estimate of drug-likeness (QED) is 0.210. The number of phenols is 1. The van der Waals surface area contributed by atoms with Crippen molar-refractivity contribution in [3.8, 4) is 5.75 Å². The monoisotopic (exact) mass is 506 g/mol. The molecule has 0 saturated carbocycles. The number of benzene rings is 2. The van der Waals surface area contributed by atoms with Gasteiger partial charge in [0, 0.05) is 16.1 Å². The highest BCUT2D eigenvalue weighted by Gasteiger charge is 2.36. The number of aryl methyl sites for hydroxylation is 1. The number of hydrogen-bond donors (Lipinski definition) is 2. The number of carbonyl (C=O) groups is 2. The van der Waals surface area contributed by atoms with Crippen molar-refractivity contribution < 1.29 is 24.5 Å². The van der Waals surface area contributed by atoms with E-state index in [1.807, 2.05) is 0 Å². The highest BCUT2D eigenvalue weighted by molar-refractivity contribution is 9.10. The molecule has 2 amide bonds. The molecule has 0 aromatic heterocycles.